The van der Waals surface area contributed by atoms with E-state index in [-0.39, 0.29) is 28.8 Å². The minimum atomic E-state index is -1.10. The SMILES string of the molecule is COc1c(OCc2ccccc2)cc2oc3cc4c(c(OC/C=C/C(=O)O)c3c(=O)c2c1CC=C(C)C)C=CC(C)(C)O4. The molecule has 0 bridgehead atoms. The highest BCUT2D eigenvalue weighted by Gasteiger charge is 2.29. The van der Waals surface area contributed by atoms with E-state index >= 15 is 0 Å². The first-order valence-corrected chi connectivity index (χ1v) is 14.0. The van der Waals surface area contributed by atoms with Crippen LogP contribution in [0.1, 0.15) is 44.4 Å². The maximum absolute atomic E-state index is 14.5. The maximum Gasteiger partial charge on any atom is 0.328 e. The van der Waals surface area contributed by atoms with Crippen molar-refractivity contribution in [1.82, 2.24) is 0 Å². The van der Waals surface area contributed by atoms with Gasteiger partial charge in [0.2, 0.25) is 5.43 Å². The third kappa shape index (κ3) is 6.28. The van der Waals surface area contributed by atoms with Crippen LogP contribution in [-0.4, -0.2) is 30.4 Å². The molecule has 2 heterocycles. The summed E-state index contributed by atoms with van der Waals surface area (Å²) in [5, 5.41) is 9.60. The number of rotatable bonds is 10. The van der Waals surface area contributed by atoms with Crippen molar-refractivity contribution < 1.29 is 33.3 Å². The lowest BCUT2D eigenvalue weighted by molar-refractivity contribution is -0.131. The average molecular weight is 583 g/mol. The van der Waals surface area contributed by atoms with Gasteiger partial charge in [-0.3, -0.25) is 4.79 Å². The molecule has 8 nitrogen and oxygen atoms in total. The third-order valence-corrected chi connectivity index (χ3v) is 6.99. The number of benzene rings is 3. The van der Waals surface area contributed by atoms with Gasteiger partial charge in [0.25, 0.3) is 0 Å². The van der Waals surface area contributed by atoms with Crippen molar-refractivity contribution in [3.63, 3.8) is 0 Å². The van der Waals surface area contributed by atoms with E-state index in [2.05, 4.69) is 0 Å². The van der Waals surface area contributed by atoms with Crippen molar-refractivity contribution in [2.24, 2.45) is 0 Å². The fourth-order valence-corrected chi connectivity index (χ4v) is 5.00. The Kier molecular flexibility index (Phi) is 8.30. The number of hydrogen-bond acceptors (Lipinski definition) is 7. The Hall–Kier alpha value is -4.98. The molecular weight excluding hydrogens is 548 g/mol. The Balaban J connectivity index is 1.77. The van der Waals surface area contributed by atoms with Crippen molar-refractivity contribution in [2.45, 2.75) is 46.3 Å². The van der Waals surface area contributed by atoms with E-state index in [9.17, 15) is 9.59 Å². The van der Waals surface area contributed by atoms with Crippen LogP contribution in [0.5, 0.6) is 23.0 Å². The molecule has 1 aromatic heterocycles. The van der Waals surface area contributed by atoms with Crippen LogP contribution in [-0.2, 0) is 17.8 Å². The molecule has 0 unspecified atom stereocenters. The van der Waals surface area contributed by atoms with Crippen LogP contribution in [0.2, 0.25) is 0 Å². The Bertz CT molecular complexity index is 1840. The van der Waals surface area contributed by atoms with Crippen LogP contribution in [0.15, 0.2) is 81.6 Å². The molecule has 4 aromatic rings. The highest BCUT2D eigenvalue weighted by molar-refractivity contribution is 5.99. The molecule has 8 heteroatoms. The second kappa shape index (κ2) is 12.1. The average Bonchev–Trinajstić information content (AvgIpc) is 2.96. The summed E-state index contributed by atoms with van der Waals surface area (Å²) >= 11 is 0. The summed E-state index contributed by atoms with van der Waals surface area (Å²) in [4.78, 5) is 25.5. The molecule has 5 rings (SSSR count). The Labute approximate surface area is 249 Å². The second-order valence-corrected chi connectivity index (χ2v) is 11.0. The highest BCUT2D eigenvalue weighted by Crippen LogP contribution is 2.44. The number of ether oxygens (including phenoxy) is 4. The van der Waals surface area contributed by atoms with E-state index in [0.29, 0.717) is 52.4 Å². The van der Waals surface area contributed by atoms with E-state index in [1.807, 2.05) is 76.3 Å². The first-order chi connectivity index (χ1) is 20.6. The molecule has 0 atom stereocenters. The second-order valence-electron chi connectivity index (χ2n) is 11.0. The summed E-state index contributed by atoms with van der Waals surface area (Å²) in [5.74, 6) is 0.537. The summed E-state index contributed by atoms with van der Waals surface area (Å²) in [7, 11) is 1.55. The molecule has 0 aliphatic carbocycles. The Morgan fingerprint density at radius 2 is 1.77 bits per heavy atom. The fourth-order valence-electron chi connectivity index (χ4n) is 5.00. The molecule has 0 saturated heterocycles. The lowest BCUT2D eigenvalue weighted by Gasteiger charge is -2.29. The number of hydrogen-bond donors (Lipinski definition) is 1. The lowest BCUT2D eigenvalue weighted by Crippen LogP contribution is -2.27. The number of aliphatic carboxylic acids is 1. The monoisotopic (exact) mass is 582 g/mol. The van der Waals surface area contributed by atoms with E-state index < -0.39 is 11.6 Å². The minimum Gasteiger partial charge on any atom is -0.493 e. The highest BCUT2D eigenvalue weighted by atomic mass is 16.5. The molecule has 1 aliphatic heterocycles. The zero-order valence-corrected chi connectivity index (χ0v) is 24.9. The third-order valence-electron chi connectivity index (χ3n) is 6.99. The maximum atomic E-state index is 14.5. The number of fused-ring (bicyclic) bond motifs is 3. The number of carboxylic acid groups (broad SMARTS) is 1. The molecule has 1 N–H and O–H groups in total. The largest absolute Gasteiger partial charge is 0.493 e. The van der Waals surface area contributed by atoms with Crippen LogP contribution in [0.4, 0.5) is 0 Å². The summed E-state index contributed by atoms with van der Waals surface area (Å²) in [6, 6.07) is 13.1. The van der Waals surface area contributed by atoms with Crippen LogP contribution < -0.4 is 24.4 Å². The van der Waals surface area contributed by atoms with Crippen molar-refractivity contribution in [3.8, 4) is 23.0 Å². The Morgan fingerprint density at radius 3 is 2.47 bits per heavy atom. The van der Waals surface area contributed by atoms with Crippen molar-refractivity contribution >= 4 is 34.0 Å². The first-order valence-electron chi connectivity index (χ1n) is 14.0. The van der Waals surface area contributed by atoms with E-state index in [0.717, 1.165) is 17.2 Å². The Morgan fingerprint density at radius 1 is 1.02 bits per heavy atom. The molecule has 0 saturated carbocycles. The van der Waals surface area contributed by atoms with E-state index in [1.54, 1.807) is 19.2 Å². The summed E-state index contributed by atoms with van der Waals surface area (Å²) in [5.41, 5.74) is 2.96. The van der Waals surface area contributed by atoms with Crippen molar-refractivity contribution in [1.29, 1.82) is 0 Å². The van der Waals surface area contributed by atoms with E-state index in [4.69, 9.17) is 28.5 Å². The summed E-state index contributed by atoms with van der Waals surface area (Å²) < 4.78 is 30.8. The molecule has 0 radical (unpaired) electrons. The van der Waals surface area contributed by atoms with Gasteiger partial charge in [-0.2, -0.15) is 0 Å². The number of methoxy groups -OCH3 is 1. The number of carbonyl (C=O) groups is 1. The van der Waals surface area contributed by atoms with Gasteiger partial charge in [0.15, 0.2) is 11.5 Å². The standard InChI is InChI=1S/C35H34O8/c1-21(2)13-14-24-30-26(19-28(33(24)39-5)41-20-22-10-7-6-8-11-22)42-27-18-25-23(15-16-35(3,4)43-25)34(31(27)32(30)38)40-17-9-12-29(36)37/h6-13,15-16,18-19H,14,17,20H2,1-5H3,(H,36,37)/b12-9+. The van der Waals surface area contributed by atoms with Gasteiger partial charge < -0.3 is 28.5 Å². The minimum absolute atomic E-state index is 0.0766. The molecule has 3 aromatic carbocycles. The molecule has 43 heavy (non-hydrogen) atoms. The van der Waals surface area contributed by atoms with Crippen LogP contribution in [0.3, 0.4) is 0 Å². The number of carboxylic acids is 1. The summed E-state index contributed by atoms with van der Waals surface area (Å²) in [6.45, 7) is 8.03. The smallest absolute Gasteiger partial charge is 0.328 e. The molecule has 222 valence electrons. The predicted octanol–water partition coefficient (Wildman–Crippen LogP) is 7.25. The zero-order valence-electron chi connectivity index (χ0n) is 24.9. The van der Waals surface area contributed by atoms with Gasteiger partial charge in [-0.15, -0.1) is 0 Å². The van der Waals surface area contributed by atoms with Crippen molar-refractivity contribution in [2.75, 3.05) is 13.7 Å². The molecule has 1 aliphatic rings. The van der Waals surface area contributed by atoms with Gasteiger partial charge in [0, 0.05) is 23.8 Å². The molecule has 0 amide bonds. The fraction of sp³-hybridized carbons (Fsp3) is 0.257. The van der Waals surface area contributed by atoms with Crippen LogP contribution in [0.25, 0.3) is 28.0 Å². The van der Waals surface area contributed by atoms with Gasteiger partial charge in [-0.1, -0.05) is 42.0 Å². The molecule has 0 spiro atoms. The topological polar surface area (TPSA) is 104 Å². The predicted molar refractivity (Wildman–Crippen MR) is 166 cm³/mol. The van der Waals surface area contributed by atoms with Gasteiger partial charge in [0.1, 0.15) is 46.9 Å². The van der Waals surface area contributed by atoms with Crippen molar-refractivity contribution in [3.05, 3.63) is 99.3 Å². The van der Waals surface area contributed by atoms with Gasteiger partial charge in [-0.05, 0) is 57.9 Å². The quantitative estimate of drug-likeness (QED) is 0.118. The van der Waals surface area contributed by atoms with E-state index in [1.165, 1.54) is 6.08 Å². The van der Waals surface area contributed by atoms with Gasteiger partial charge in [-0.25, -0.2) is 4.79 Å². The van der Waals surface area contributed by atoms with Gasteiger partial charge >= 0.3 is 5.97 Å². The number of allylic oxidation sites excluding steroid dienone is 2. The zero-order chi connectivity index (χ0) is 30.7. The summed E-state index contributed by atoms with van der Waals surface area (Å²) in [6.07, 6.45) is 8.51. The van der Waals surface area contributed by atoms with Crippen LogP contribution in [0, 0.1) is 0 Å². The lowest BCUT2D eigenvalue weighted by atomic mass is 9.97. The molecular formula is C35H34O8. The van der Waals surface area contributed by atoms with Gasteiger partial charge in [0.05, 0.1) is 18.1 Å². The normalized spacial score (nSPS) is 13.5. The molecule has 0 fully saturated rings. The van der Waals surface area contributed by atoms with Crippen LogP contribution >= 0.6 is 0 Å². The first kappa shape index (κ1) is 29.5.